The molecule has 4 heteroatoms. The molecular weight excluding hydrogens is 190 g/mol. The van der Waals surface area contributed by atoms with Crippen molar-refractivity contribution in [2.24, 2.45) is 5.73 Å². The van der Waals surface area contributed by atoms with Crippen LogP contribution >= 0.6 is 0 Å². The summed E-state index contributed by atoms with van der Waals surface area (Å²) >= 11 is 0. The Morgan fingerprint density at radius 2 is 2.27 bits per heavy atom. The van der Waals surface area contributed by atoms with Crippen molar-refractivity contribution >= 4 is 11.6 Å². The maximum Gasteiger partial charge on any atom is 0.241 e. The highest BCUT2D eigenvalue weighted by molar-refractivity contribution is 5.95. The molecule has 78 valence electrons. The summed E-state index contributed by atoms with van der Waals surface area (Å²) in [6, 6.07) is 6.76. The molecule has 0 bridgehead atoms. The second-order valence-corrected chi connectivity index (χ2v) is 3.39. The van der Waals surface area contributed by atoms with Crippen LogP contribution in [0.15, 0.2) is 18.2 Å². The third-order valence-electron chi connectivity index (χ3n) is 2.06. The highest BCUT2D eigenvalue weighted by Crippen LogP contribution is 2.18. The third kappa shape index (κ3) is 2.55. The molecule has 3 N–H and O–H groups in total. The van der Waals surface area contributed by atoms with E-state index in [1.54, 1.807) is 19.1 Å². The number of anilines is 1. The zero-order valence-electron chi connectivity index (χ0n) is 8.74. The molecule has 1 aromatic rings. The van der Waals surface area contributed by atoms with Crippen LogP contribution in [0.2, 0.25) is 0 Å². The zero-order valence-corrected chi connectivity index (χ0v) is 8.74. The van der Waals surface area contributed by atoms with Gasteiger partial charge in [0.05, 0.1) is 17.3 Å². The maximum atomic E-state index is 11.3. The van der Waals surface area contributed by atoms with Crippen LogP contribution in [-0.2, 0) is 4.79 Å². The van der Waals surface area contributed by atoms with E-state index in [0.29, 0.717) is 11.3 Å². The van der Waals surface area contributed by atoms with Crippen molar-refractivity contribution in [1.29, 1.82) is 5.26 Å². The van der Waals surface area contributed by atoms with Gasteiger partial charge in [-0.05, 0) is 25.5 Å². The Hall–Kier alpha value is -1.86. The number of hydrogen-bond donors (Lipinski definition) is 2. The van der Waals surface area contributed by atoms with Crippen molar-refractivity contribution in [1.82, 2.24) is 0 Å². The molecule has 1 aromatic carbocycles. The molecule has 1 atom stereocenters. The first-order valence-corrected chi connectivity index (χ1v) is 4.62. The summed E-state index contributed by atoms with van der Waals surface area (Å²) in [5.41, 5.74) is 7.24. The van der Waals surface area contributed by atoms with Crippen LogP contribution in [0, 0.1) is 18.3 Å². The highest BCUT2D eigenvalue weighted by Gasteiger charge is 2.11. The first kappa shape index (κ1) is 11.2. The molecule has 4 nitrogen and oxygen atoms in total. The first-order chi connectivity index (χ1) is 7.06. The average molecular weight is 203 g/mol. The molecule has 15 heavy (non-hydrogen) atoms. The number of benzene rings is 1. The molecule has 0 spiro atoms. The first-order valence-electron chi connectivity index (χ1n) is 4.62. The second kappa shape index (κ2) is 4.58. The van der Waals surface area contributed by atoms with E-state index in [4.69, 9.17) is 11.0 Å². The SMILES string of the molecule is Cc1cccc(NC(=O)C(C)N)c1C#N. The molecule has 0 saturated heterocycles. The predicted molar refractivity (Wildman–Crippen MR) is 58.2 cm³/mol. The average Bonchev–Trinajstić information content (AvgIpc) is 2.18. The normalized spacial score (nSPS) is 11.6. The third-order valence-corrected chi connectivity index (χ3v) is 2.06. The maximum absolute atomic E-state index is 11.3. The van der Waals surface area contributed by atoms with E-state index in [9.17, 15) is 4.79 Å². The van der Waals surface area contributed by atoms with Gasteiger partial charge in [-0.2, -0.15) is 5.26 Å². The minimum atomic E-state index is -0.586. The van der Waals surface area contributed by atoms with Crippen molar-refractivity contribution in [2.75, 3.05) is 5.32 Å². The van der Waals surface area contributed by atoms with Crippen molar-refractivity contribution in [3.05, 3.63) is 29.3 Å². The van der Waals surface area contributed by atoms with Gasteiger partial charge in [-0.3, -0.25) is 4.79 Å². The molecule has 0 aromatic heterocycles. The van der Waals surface area contributed by atoms with Gasteiger partial charge in [-0.15, -0.1) is 0 Å². The Morgan fingerprint density at radius 3 is 2.80 bits per heavy atom. The Bertz CT molecular complexity index is 418. The molecule has 0 fully saturated rings. The smallest absolute Gasteiger partial charge is 0.241 e. The van der Waals surface area contributed by atoms with Gasteiger partial charge < -0.3 is 11.1 Å². The number of aryl methyl sites for hydroxylation is 1. The standard InChI is InChI=1S/C11H13N3O/c1-7-4-3-5-10(9(7)6-12)14-11(15)8(2)13/h3-5,8H,13H2,1-2H3,(H,14,15). The molecule has 1 amide bonds. The van der Waals surface area contributed by atoms with Gasteiger partial charge in [0.25, 0.3) is 0 Å². The lowest BCUT2D eigenvalue weighted by atomic mass is 10.1. The molecular formula is C11H13N3O. The van der Waals surface area contributed by atoms with E-state index in [2.05, 4.69) is 11.4 Å². The van der Waals surface area contributed by atoms with Crippen LogP contribution < -0.4 is 11.1 Å². The van der Waals surface area contributed by atoms with E-state index < -0.39 is 6.04 Å². The minimum Gasteiger partial charge on any atom is -0.324 e. The number of carbonyl (C=O) groups excluding carboxylic acids is 1. The van der Waals surface area contributed by atoms with E-state index in [1.165, 1.54) is 0 Å². The topological polar surface area (TPSA) is 78.9 Å². The predicted octanol–water partition coefficient (Wildman–Crippen LogP) is 1.15. The summed E-state index contributed by atoms with van der Waals surface area (Å²) < 4.78 is 0. The summed E-state index contributed by atoms with van der Waals surface area (Å²) in [7, 11) is 0. The van der Waals surface area contributed by atoms with Gasteiger partial charge in [-0.25, -0.2) is 0 Å². The van der Waals surface area contributed by atoms with Gasteiger partial charge >= 0.3 is 0 Å². The van der Waals surface area contributed by atoms with Crippen LogP contribution in [0.1, 0.15) is 18.1 Å². The van der Waals surface area contributed by atoms with E-state index in [-0.39, 0.29) is 5.91 Å². The lowest BCUT2D eigenvalue weighted by Gasteiger charge is -2.10. The lowest BCUT2D eigenvalue weighted by molar-refractivity contribution is -0.117. The summed E-state index contributed by atoms with van der Waals surface area (Å²) in [6.07, 6.45) is 0. The number of amides is 1. The lowest BCUT2D eigenvalue weighted by Crippen LogP contribution is -2.32. The van der Waals surface area contributed by atoms with Gasteiger partial charge in [0.15, 0.2) is 0 Å². The summed E-state index contributed by atoms with van der Waals surface area (Å²) in [6.45, 7) is 3.41. The molecule has 0 aliphatic heterocycles. The van der Waals surface area contributed by atoms with Gasteiger partial charge in [-0.1, -0.05) is 12.1 Å². The number of nitrogens with zero attached hydrogens (tertiary/aromatic N) is 1. The van der Waals surface area contributed by atoms with E-state index >= 15 is 0 Å². The second-order valence-electron chi connectivity index (χ2n) is 3.39. The van der Waals surface area contributed by atoms with Crippen molar-refractivity contribution in [3.8, 4) is 6.07 Å². The Labute approximate surface area is 88.7 Å². The number of hydrogen-bond acceptors (Lipinski definition) is 3. The number of nitriles is 1. The van der Waals surface area contributed by atoms with Crippen LogP contribution in [0.3, 0.4) is 0 Å². The summed E-state index contributed by atoms with van der Waals surface area (Å²) in [5, 5.41) is 11.5. The van der Waals surface area contributed by atoms with E-state index in [1.807, 2.05) is 13.0 Å². The molecule has 1 rings (SSSR count). The summed E-state index contributed by atoms with van der Waals surface area (Å²) in [4.78, 5) is 11.3. The Kier molecular flexibility index (Phi) is 3.42. The van der Waals surface area contributed by atoms with Crippen LogP contribution in [0.25, 0.3) is 0 Å². The quantitative estimate of drug-likeness (QED) is 0.756. The highest BCUT2D eigenvalue weighted by atomic mass is 16.2. The number of nitrogens with one attached hydrogen (secondary N) is 1. The Morgan fingerprint density at radius 1 is 1.60 bits per heavy atom. The van der Waals surface area contributed by atoms with Crippen molar-refractivity contribution < 1.29 is 4.79 Å². The fourth-order valence-electron chi connectivity index (χ4n) is 1.17. The fourth-order valence-corrected chi connectivity index (χ4v) is 1.17. The van der Waals surface area contributed by atoms with Crippen LogP contribution in [0.5, 0.6) is 0 Å². The molecule has 1 unspecified atom stereocenters. The number of rotatable bonds is 2. The van der Waals surface area contributed by atoms with Crippen molar-refractivity contribution in [2.45, 2.75) is 19.9 Å². The Balaban J connectivity index is 3.01. The molecule has 0 saturated carbocycles. The summed E-state index contributed by atoms with van der Waals surface area (Å²) in [5.74, 6) is -0.294. The fraction of sp³-hybridized carbons (Fsp3) is 0.273. The molecule has 0 aliphatic carbocycles. The number of carbonyl (C=O) groups is 1. The van der Waals surface area contributed by atoms with Crippen molar-refractivity contribution in [3.63, 3.8) is 0 Å². The molecule has 0 radical (unpaired) electrons. The molecule has 0 heterocycles. The largest absolute Gasteiger partial charge is 0.324 e. The van der Waals surface area contributed by atoms with Gasteiger partial charge in [0, 0.05) is 0 Å². The molecule has 0 aliphatic rings. The number of nitrogens with two attached hydrogens (primary N) is 1. The van der Waals surface area contributed by atoms with E-state index in [0.717, 1.165) is 5.56 Å². The van der Waals surface area contributed by atoms with Crippen LogP contribution in [0.4, 0.5) is 5.69 Å². The van der Waals surface area contributed by atoms with Gasteiger partial charge in [0.1, 0.15) is 6.07 Å². The van der Waals surface area contributed by atoms with Gasteiger partial charge in [0.2, 0.25) is 5.91 Å². The minimum absolute atomic E-state index is 0.294. The zero-order chi connectivity index (χ0) is 11.4. The monoisotopic (exact) mass is 203 g/mol. The van der Waals surface area contributed by atoms with Crippen LogP contribution in [-0.4, -0.2) is 11.9 Å².